The van der Waals surface area contributed by atoms with Crippen LogP contribution in [0.1, 0.15) is 19.4 Å². The summed E-state index contributed by atoms with van der Waals surface area (Å²) in [5, 5.41) is 5.10. The first-order valence-electron chi connectivity index (χ1n) is 9.53. The summed E-state index contributed by atoms with van der Waals surface area (Å²) < 4.78 is 28.0. The molecule has 2 N–H and O–H groups in total. The van der Waals surface area contributed by atoms with E-state index >= 15 is 0 Å². The standard InChI is InChI=1S/C20H27N3O6S/c1-14(21-18(24)9-6-16-4-7-17(29-3)8-5-16)19(25)22-15(2)20(26)23-10-12-30(27,28)13-11-23/h4-9,14-15H,10-13H2,1-3H3,(H,21,24)(H,22,25)/b9-6+. The predicted octanol–water partition coefficient (Wildman–Crippen LogP) is -0.0252. The molecule has 10 heteroatoms. The van der Waals surface area contributed by atoms with Gasteiger partial charge in [-0.25, -0.2) is 8.42 Å². The molecule has 1 saturated heterocycles. The zero-order valence-electron chi connectivity index (χ0n) is 17.3. The lowest BCUT2D eigenvalue weighted by Gasteiger charge is -2.29. The molecule has 1 aromatic carbocycles. The molecule has 1 heterocycles. The van der Waals surface area contributed by atoms with Crippen molar-refractivity contribution in [2.45, 2.75) is 25.9 Å². The van der Waals surface area contributed by atoms with Gasteiger partial charge in [0.1, 0.15) is 17.8 Å². The Kier molecular flexibility index (Phi) is 7.99. The molecule has 0 radical (unpaired) electrons. The van der Waals surface area contributed by atoms with Gasteiger partial charge in [0.15, 0.2) is 9.84 Å². The number of benzene rings is 1. The first kappa shape index (κ1) is 23.4. The Hall–Kier alpha value is -2.88. The molecule has 1 aliphatic rings. The first-order valence-corrected chi connectivity index (χ1v) is 11.4. The second kappa shape index (κ2) is 10.2. The van der Waals surface area contributed by atoms with Crippen molar-refractivity contribution in [1.82, 2.24) is 15.5 Å². The van der Waals surface area contributed by atoms with Crippen molar-refractivity contribution >= 4 is 33.6 Å². The van der Waals surface area contributed by atoms with Gasteiger partial charge < -0.3 is 20.3 Å². The number of carbonyl (C=O) groups excluding carboxylic acids is 3. The van der Waals surface area contributed by atoms with E-state index in [0.29, 0.717) is 5.75 Å². The molecule has 2 rings (SSSR count). The van der Waals surface area contributed by atoms with Crippen LogP contribution in [0.4, 0.5) is 0 Å². The minimum absolute atomic E-state index is 0.0770. The van der Waals surface area contributed by atoms with E-state index in [1.165, 1.54) is 24.8 Å². The average molecular weight is 438 g/mol. The number of nitrogens with zero attached hydrogens (tertiary/aromatic N) is 1. The van der Waals surface area contributed by atoms with Gasteiger partial charge in [0.25, 0.3) is 0 Å². The van der Waals surface area contributed by atoms with Crippen molar-refractivity contribution in [2.75, 3.05) is 31.7 Å². The minimum Gasteiger partial charge on any atom is -0.497 e. The normalized spacial score (nSPS) is 17.8. The van der Waals surface area contributed by atoms with Crippen LogP contribution in [0.15, 0.2) is 30.3 Å². The number of amides is 3. The van der Waals surface area contributed by atoms with Crippen LogP contribution in [0.3, 0.4) is 0 Å². The van der Waals surface area contributed by atoms with Crippen molar-refractivity contribution < 1.29 is 27.5 Å². The zero-order chi connectivity index (χ0) is 22.3. The molecule has 9 nitrogen and oxygen atoms in total. The molecule has 1 fully saturated rings. The molecular weight excluding hydrogens is 410 g/mol. The zero-order valence-corrected chi connectivity index (χ0v) is 18.1. The van der Waals surface area contributed by atoms with Crippen molar-refractivity contribution in [3.63, 3.8) is 0 Å². The van der Waals surface area contributed by atoms with Crippen molar-refractivity contribution in [1.29, 1.82) is 0 Å². The summed E-state index contributed by atoms with van der Waals surface area (Å²) in [4.78, 5) is 38.2. The Morgan fingerprint density at radius 2 is 1.63 bits per heavy atom. The smallest absolute Gasteiger partial charge is 0.244 e. The van der Waals surface area contributed by atoms with E-state index < -0.39 is 33.7 Å². The first-order chi connectivity index (χ1) is 14.1. The molecule has 0 spiro atoms. The van der Waals surface area contributed by atoms with Gasteiger partial charge in [-0.3, -0.25) is 14.4 Å². The van der Waals surface area contributed by atoms with Gasteiger partial charge in [-0.1, -0.05) is 12.1 Å². The Morgan fingerprint density at radius 3 is 2.20 bits per heavy atom. The number of rotatable bonds is 7. The van der Waals surface area contributed by atoms with Crippen molar-refractivity contribution in [3.8, 4) is 5.75 Å². The second-order valence-corrected chi connectivity index (χ2v) is 9.35. The Bertz CT molecular complexity index is 897. The summed E-state index contributed by atoms with van der Waals surface area (Å²) in [6, 6.07) is 5.44. The molecule has 164 valence electrons. The highest BCUT2D eigenvalue weighted by molar-refractivity contribution is 7.91. The summed E-state index contributed by atoms with van der Waals surface area (Å²) in [5.74, 6) is -0.757. The number of methoxy groups -OCH3 is 1. The number of hydrogen-bond donors (Lipinski definition) is 2. The third kappa shape index (κ3) is 6.87. The fourth-order valence-electron chi connectivity index (χ4n) is 2.82. The predicted molar refractivity (Wildman–Crippen MR) is 112 cm³/mol. The van der Waals surface area contributed by atoms with E-state index in [1.54, 1.807) is 37.5 Å². The molecule has 0 bridgehead atoms. The number of carbonyl (C=O) groups is 3. The Balaban J connectivity index is 1.82. The van der Waals surface area contributed by atoms with Gasteiger partial charge in [0, 0.05) is 19.2 Å². The van der Waals surface area contributed by atoms with E-state index in [9.17, 15) is 22.8 Å². The van der Waals surface area contributed by atoms with Crippen LogP contribution in [0.5, 0.6) is 5.75 Å². The Labute approximate surface area is 176 Å². The lowest BCUT2D eigenvalue weighted by atomic mass is 10.2. The third-order valence-electron chi connectivity index (χ3n) is 4.68. The van der Waals surface area contributed by atoms with E-state index in [-0.39, 0.29) is 30.5 Å². The molecule has 30 heavy (non-hydrogen) atoms. The molecule has 1 aromatic rings. The highest BCUT2D eigenvalue weighted by atomic mass is 32.2. The van der Waals surface area contributed by atoms with Gasteiger partial charge in [0.2, 0.25) is 17.7 Å². The van der Waals surface area contributed by atoms with Gasteiger partial charge in [-0.05, 0) is 37.6 Å². The molecular formula is C20H27N3O6S. The van der Waals surface area contributed by atoms with Crippen LogP contribution in [0, 0.1) is 0 Å². The van der Waals surface area contributed by atoms with Crippen molar-refractivity contribution in [2.24, 2.45) is 0 Å². The monoisotopic (exact) mass is 437 g/mol. The average Bonchev–Trinajstić information content (AvgIpc) is 2.72. The molecule has 1 aliphatic heterocycles. The van der Waals surface area contributed by atoms with Crippen molar-refractivity contribution in [3.05, 3.63) is 35.9 Å². The fraction of sp³-hybridized carbons (Fsp3) is 0.450. The van der Waals surface area contributed by atoms with E-state index in [0.717, 1.165) is 5.56 Å². The molecule has 2 unspecified atom stereocenters. The topological polar surface area (TPSA) is 122 Å². The number of sulfone groups is 1. The summed E-state index contributed by atoms with van der Waals surface area (Å²) in [6.45, 7) is 3.27. The maximum absolute atomic E-state index is 12.4. The summed E-state index contributed by atoms with van der Waals surface area (Å²) >= 11 is 0. The largest absolute Gasteiger partial charge is 0.497 e. The molecule has 3 amide bonds. The quantitative estimate of drug-likeness (QED) is 0.578. The maximum atomic E-state index is 12.4. The molecule has 0 aliphatic carbocycles. The summed E-state index contributed by atoms with van der Waals surface area (Å²) in [6.07, 6.45) is 2.92. The van der Waals surface area contributed by atoms with E-state index in [1.807, 2.05) is 0 Å². The summed E-state index contributed by atoms with van der Waals surface area (Å²) in [7, 11) is -1.53. The highest BCUT2D eigenvalue weighted by Crippen LogP contribution is 2.12. The number of nitrogens with one attached hydrogen (secondary N) is 2. The van der Waals surface area contributed by atoms with Crippen LogP contribution < -0.4 is 15.4 Å². The minimum atomic E-state index is -3.10. The number of hydrogen-bond acceptors (Lipinski definition) is 6. The van der Waals surface area contributed by atoms with Gasteiger partial charge in [0.05, 0.1) is 18.6 Å². The van der Waals surface area contributed by atoms with E-state index in [4.69, 9.17) is 4.74 Å². The number of ether oxygens (including phenoxy) is 1. The second-order valence-electron chi connectivity index (χ2n) is 7.04. The highest BCUT2D eigenvalue weighted by Gasteiger charge is 2.29. The fourth-order valence-corrected chi connectivity index (χ4v) is 4.02. The van der Waals surface area contributed by atoms with Gasteiger partial charge in [-0.2, -0.15) is 0 Å². The van der Waals surface area contributed by atoms with Crippen LogP contribution in [0.25, 0.3) is 6.08 Å². The van der Waals surface area contributed by atoms with Crippen LogP contribution in [-0.2, 0) is 24.2 Å². The van der Waals surface area contributed by atoms with Crippen LogP contribution >= 0.6 is 0 Å². The molecule has 0 saturated carbocycles. The maximum Gasteiger partial charge on any atom is 0.244 e. The van der Waals surface area contributed by atoms with E-state index in [2.05, 4.69) is 10.6 Å². The lowest BCUT2D eigenvalue weighted by molar-refractivity contribution is -0.136. The molecule has 0 aromatic heterocycles. The van der Waals surface area contributed by atoms with Crippen LogP contribution in [0.2, 0.25) is 0 Å². The molecule has 2 atom stereocenters. The lowest BCUT2D eigenvalue weighted by Crippen LogP contribution is -2.54. The Morgan fingerprint density at radius 1 is 1.03 bits per heavy atom. The summed E-state index contributed by atoms with van der Waals surface area (Å²) in [5.41, 5.74) is 0.797. The van der Waals surface area contributed by atoms with Gasteiger partial charge >= 0.3 is 0 Å². The SMILES string of the molecule is COc1ccc(/C=C/C(=O)NC(C)C(=O)NC(C)C(=O)N2CCS(=O)(=O)CC2)cc1. The van der Waals surface area contributed by atoms with Gasteiger partial charge in [-0.15, -0.1) is 0 Å². The van der Waals surface area contributed by atoms with Crippen LogP contribution in [-0.4, -0.2) is 74.8 Å². The third-order valence-corrected chi connectivity index (χ3v) is 6.29.